The van der Waals surface area contributed by atoms with Crippen molar-refractivity contribution in [2.24, 2.45) is 0 Å². The van der Waals surface area contributed by atoms with Gasteiger partial charge in [-0.3, -0.25) is 4.72 Å². The smallest absolute Gasteiger partial charge is 0.271 e. The number of nitrogens with one attached hydrogen (secondary N) is 1. The van der Waals surface area contributed by atoms with E-state index in [2.05, 4.69) is 20.7 Å². The van der Waals surface area contributed by atoms with Crippen LogP contribution in [-0.2, 0) is 10.0 Å². The van der Waals surface area contributed by atoms with Crippen molar-refractivity contribution in [2.45, 2.75) is 11.1 Å². The lowest BCUT2D eigenvalue weighted by Crippen LogP contribution is -2.12. The lowest BCUT2D eigenvalue weighted by molar-refractivity contribution is 0.603. The number of nitrogens with zero attached hydrogens (tertiary/aromatic N) is 1. The molecule has 0 saturated carbocycles. The first-order valence-electron chi connectivity index (χ1n) is 5.32. The quantitative estimate of drug-likeness (QED) is 0.854. The fourth-order valence-corrected chi connectivity index (χ4v) is 4.95. The molecule has 0 aliphatic rings. The Morgan fingerprint density at radius 1 is 1.40 bits per heavy atom. The average molecular weight is 392 g/mol. The molecule has 2 rings (SSSR count). The van der Waals surface area contributed by atoms with Gasteiger partial charge >= 0.3 is 0 Å². The number of benzene rings is 1. The Morgan fingerprint density at radius 2 is 2.10 bits per heavy atom. The Bertz CT molecular complexity index is 790. The molecule has 0 fully saturated rings. The summed E-state index contributed by atoms with van der Waals surface area (Å²) in [6.07, 6.45) is 0. The highest BCUT2D eigenvalue weighted by Gasteiger charge is 2.19. The second kappa shape index (κ2) is 5.74. The van der Waals surface area contributed by atoms with Gasteiger partial charge in [-0.25, -0.2) is 8.42 Å². The number of hydrogen-bond acceptors (Lipinski definition) is 4. The minimum Gasteiger partial charge on any atom is -0.277 e. The standard InChI is InChI=1S/C12H8BrClN2O2S2/c1-7-4-11(19-12(7)13)20(17,18)16-10-5-8(6-15)2-3-9(10)14/h2-5,16H,1H3. The van der Waals surface area contributed by atoms with Crippen molar-refractivity contribution in [2.75, 3.05) is 4.72 Å². The van der Waals surface area contributed by atoms with Crippen LogP contribution in [-0.4, -0.2) is 8.42 Å². The minimum atomic E-state index is -3.72. The normalized spacial score (nSPS) is 11.1. The Hall–Kier alpha value is -1.07. The van der Waals surface area contributed by atoms with Gasteiger partial charge in [0.1, 0.15) is 4.21 Å². The van der Waals surface area contributed by atoms with Gasteiger partial charge in [0.05, 0.1) is 26.1 Å². The third kappa shape index (κ3) is 3.15. The lowest BCUT2D eigenvalue weighted by Gasteiger charge is -2.08. The van der Waals surface area contributed by atoms with E-state index in [0.717, 1.165) is 20.7 Å². The molecule has 20 heavy (non-hydrogen) atoms. The second-order valence-electron chi connectivity index (χ2n) is 3.93. The van der Waals surface area contributed by atoms with E-state index in [9.17, 15) is 8.42 Å². The van der Waals surface area contributed by atoms with Gasteiger partial charge in [-0.1, -0.05) is 11.6 Å². The SMILES string of the molecule is Cc1cc(S(=O)(=O)Nc2cc(C#N)ccc2Cl)sc1Br. The molecule has 0 spiro atoms. The van der Waals surface area contributed by atoms with Crippen molar-refractivity contribution in [3.05, 3.63) is 44.2 Å². The van der Waals surface area contributed by atoms with Crippen LogP contribution in [0.1, 0.15) is 11.1 Å². The molecular weight excluding hydrogens is 384 g/mol. The Balaban J connectivity index is 2.41. The summed E-state index contributed by atoms with van der Waals surface area (Å²) in [4.78, 5) is 0. The van der Waals surface area contributed by atoms with E-state index in [4.69, 9.17) is 16.9 Å². The molecule has 0 saturated heterocycles. The van der Waals surface area contributed by atoms with E-state index in [0.29, 0.717) is 5.56 Å². The zero-order valence-electron chi connectivity index (χ0n) is 10.1. The number of hydrogen-bond donors (Lipinski definition) is 1. The molecule has 0 radical (unpaired) electrons. The molecule has 8 heteroatoms. The van der Waals surface area contributed by atoms with Crippen LogP contribution in [0.3, 0.4) is 0 Å². The van der Waals surface area contributed by atoms with Crippen LogP contribution in [0, 0.1) is 18.3 Å². The molecule has 4 nitrogen and oxygen atoms in total. The van der Waals surface area contributed by atoms with Gasteiger partial charge in [0.25, 0.3) is 10.0 Å². The molecule has 0 amide bonds. The van der Waals surface area contributed by atoms with Crippen LogP contribution in [0.15, 0.2) is 32.3 Å². The van der Waals surface area contributed by atoms with Gasteiger partial charge in [0.2, 0.25) is 0 Å². The number of anilines is 1. The molecule has 1 aromatic carbocycles. The number of sulfonamides is 1. The molecular formula is C12H8BrClN2O2S2. The summed E-state index contributed by atoms with van der Waals surface area (Å²) in [5, 5.41) is 9.07. The zero-order valence-corrected chi connectivity index (χ0v) is 14.1. The van der Waals surface area contributed by atoms with Crippen molar-refractivity contribution < 1.29 is 8.42 Å². The minimum absolute atomic E-state index is 0.181. The topological polar surface area (TPSA) is 70.0 Å². The predicted octanol–water partition coefficient (Wildman–Crippen LogP) is 4.14. The molecule has 1 heterocycles. The fraction of sp³-hybridized carbons (Fsp3) is 0.0833. The first-order chi connectivity index (χ1) is 9.33. The van der Waals surface area contributed by atoms with Crippen molar-refractivity contribution in [3.8, 4) is 6.07 Å². The van der Waals surface area contributed by atoms with Crippen LogP contribution < -0.4 is 4.72 Å². The number of nitriles is 1. The Labute approximate surface area is 134 Å². The van der Waals surface area contributed by atoms with Crippen molar-refractivity contribution in [1.82, 2.24) is 0 Å². The van der Waals surface area contributed by atoms with Crippen LogP contribution in [0.2, 0.25) is 5.02 Å². The fourth-order valence-electron chi connectivity index (χ4n) is 1.43. The highest BCUT2D eigenvalue weighted by Crippen LogP contribution is 2.33. The Morgan fingerprint density at radius 3 is 2.65 bits per heavy atom. The lowest BCUT2D eigenvalue weighted by atomic mass is 10.2. The number of aryl methyl sites for hydroxylation is 1. The molecule has 1 aromatic heterocycles. The van der Waals surface area contributed by atoms with Crippen LogP contribution >= 0.6 is 38.9 Å². The predicted molar refractivity (Wildman–Crippen MR) is 83.7 cm³/mol. The molecule has 0 bridgehead atoms. The molecule has 0 aliphatic heterocycles. The maximum absolute atomic E-state index is 12.3. The highest BCUT2D eigenvalue weighted by atomic mass is 79.9. The summed E-state index contributed by atoms with van der Waals surface area (Å²) in [7, 11) is -3.72. The van der Waals surface area contributed by atoms with Crippen LogP contribution in [0.5, 0.6) is 0 Å². The monoisotopic (exact) mass is 390 g/mol. The van der Waals surface area contributed by atoms with Crippen molar-refractivity contribution in [3.63, 3.8) is 0 Å². The van der Waals surface area contributed by atoms with Gasteiger partial charge in [-0.2, -0.15) is 5.26 Å². The maximum Gasteiger partial charge on any atom is 0.271 e. The Kier molecular flexibility index (Phi) is 4.39. The van der Waals surface area contributed by atoms with E-state index < -0.39 is 10.0 Å². The van der Waals surface area contributed by atoms with Gasteiger partial charge in [0.15, 0.2) is 0 Å². The summed E-state index contributed by atoms with van der Waals surface area (Å²) >= 11 is 10.3. The zero-order chi connectivity index (χ0) is 14.9. The van der Waals surface area contributed by atoms with Gasteiger partial charge in [-0.15, -0.1) is 11.3 Å². The number of thiophene rings is 1. The van der Waals surface area contributed by atoms with Gasteiger partial charge in [-0.05, 0) is 52.7 Å². The molecule has 104 valence electrons. The summed E-state index contributed by atoms with van der Waals surface area (Å²) < 4.78 is 27.8. The summed E-state index contributed by atoms with van der Waals surface area (Å²) in [6.45, 7) is 1.81. The van der Waals surface area contributed by atoms with Gasteiger partial charge in [0, 0.05) is 0 Å². The van der Waals surface area contributed by atoms with E-state index >= 15 is 0 Å². The summed E-state index contributed by atoms with van der Waals surface area (Å²) in [6, 6.07) is 7.90. The van der Waals surface area contributed by atoms with E-state index in [1.54, 1.807) is 6.07 Å². The van der Waals surface area contributed by atoms with Crippen LogP contribution in [0.25, 0.3) is 0 Å². The third-order valence-corrected chi connectivity index (χ3v) is 6.74. The molecule has 0 unspecified atom stereocenters. The summed E-state index contributed by atoms with van der Waals surface area (Å²) in [5.41, 5.74) is 1.36. The van der Waals surface area contributed by atoms with E-state index in [1.165, 1.54) is 18.2 Å². The number of rotatable bonds is 3. The maximum atomic E-state index is 12.3. The number of halogens is 2. The first kappa shape index (κ1) is 15.3. The first-order valence-corrected chi connectivity index (χ1v) is 8.79. The van der Waals surface area contributed by atoms with Gasteiger partial charge < -0.3 is 0 Å². The van der Waals surface area contributed by atoms with Crippen molar-refractivity contribution >= 4 is 54.6 Å². The largest absolute Gasteiger partial charge is 0.277 e. The highest BCUT2D eigenvalue weighted by molar-refractivity contribution is 9.11. The molecule has 2 aromatic rings. The molecule has 0 atom stereocenters. The second-order valence-corrected chi connectivity index (χ2v) is 8.62. The molecule has 1 N–H and O–H groups in total. The van der Waals surface area contributed by atoms with E-state index in [-0.39, 0.29) is 14.9 Å². The van der Waals surface area contributed by atoms with E-state index in [1.807, 2.05) is 13.0 Å². The van der Waals surface area contributed by atoms with Crippen LogP contribution in [0.4, 0.5) is 5.69 Å². The van der Waals surface area contributed by atoms with Crippen molar-refractivity contribution in [1.29, 1.82) is 5.26 Å². The third-order valence-electron chi connectivity index (χ3n) is 2.44. The summed E-state index contributed by atoms with van der Waals surface area (Å²) in [5.74, 6) is 0. The average Bonchev–Trinajstić information content (AvgIpc) is 2.73. The molecule has 0 aliphatic carbocycles.